The van der Waals surface area contributed by atoms with Crippen molar-refractivity contribution in [1.29, 1.82) is 0 Å². The molecule has 0 unspecified atom stereocenters. The van der Waals surface area contributed by atoms with E-state index in [1.54, 1.807) is 17.7 Å². The van der Waals surface area contributed by atoms with Gasteiger partial charge in [0.2, 0.25) is 0 Å². The fourth-order valence-electron chi connectivity index (χ4n) is 2.44. The summed E-state index contributed by atoms with van der Waals surface area (Å²) in [7, 11) is 0. The fraction of sp³-hybridized carbons (Fsp3) is 0.278. The zero-order valence-corrected chi connectivity index (χ0v) is 15.2. The average Bonchev–Trinajstić information content (AvgIpc) is 3.05. The van der Waals surface area contributed by atoms with Crippen LogP contribution in [0.1, 0.15) is 20.3 Å². The van der Waals surface area contributed by atoms with Crippen LogP contribution in [0.2, 0.25) is 0 Å². The molecule has 0 amide bonds. The lowest BCUT2D eigenvalue weighted by Crippen LogP contribution is -2.19. The summed E-state index contributed by atoms with van der Waals surface area (Å²) < 4.78 is 5.17. The Kier molecular flexibility index (Phi) is 5.48. The number of thioether (sulfide) groups is 1. The molecular weight excluding hydrogens is 340 g/mol. The molecule has 0 saturated heterocycles. The Morgan fingerprint density at radius 3 is 2.75 bits per heavy atom. The summed E-state index contributed by atoms with van der Waals surface area (Å²) in [5, 5.41) is 3.69. The second-order valence-corrected chi connectivity index (χ2v) is 7.19. The van der Waals surface area contributed by atoms with Crippen LogP contribution >= 0.6 is 23.1 Å². The molecule has 0 radical (unpaired) electrons. The van der Waals surface area contributed by atoms with Crippen molar-refractivity contribution in [3.63, 3.8) is 0 Å². The number of carbonyl (C=O) groups is 1. The van der Waals surface area contributed by atoms with E-state index in [2.05, 4.69) is 27.5 Å². The van der Waals surface area contributed by atoms with Crippen molar-refractivity contribution in [3.8, 4) is 11.1 Å². The summed E-state index contributed by atoms with van der Waals surface area (Å²) in [6.45, 7) is 4.20. The van der Waals surface area contributed by atoms with Crippen LogP contribution in [-0.2, 0) is 9.53 Å². The van der Waals surface area contributed by atoms with Crippen molar-refractivity contribution < 1.29 is 9.53 Å². The number of hydrogen-bond donors (Lipinski definition) is 0. The molecule has 3 rings (SSSR count). The molecule has 0 aliphatic carbocycles. The first-order valence-corrected chi connectivity index (χ1v) is 9.61. The number of hydrogen-bond acceptors (Lipinski definition) is 6. The van der Waals surface area contributed by atoms with Crippen LogP contribution < -0.4 is 0 Å². The Hall–Kier alpha value is -1.92. The first kappa shape index (κ1) is 16.9. The first-order valence-electron chi connectivity index (χ1n) is 7.85. The van der Waals surface area contributed by atoms with Crippen LogP contribution in [-0.4, -0.2) is 27.8 Å². The van der Waals surface area contributed by atoms with Crippen LogP contribution in [0.4, 0.5) is 0 Å². The molecule has 4 nitrogen and oxygen atoms in total. The SMILES string of the molecule is CCOC(=O)[C@@H](CC)Sc1ncnc2scc(-c3ccccc3)c12. The van der Waals surface area contributed by atoms with Gasteiger partial charge >= 0.3 is 5.97 Å². The molecule has 1 aromatic carbocycles. The number of ether oxygens (including phenoxy) is 1. The quantitative estimate of drug-likeness (QED) is 0.360. The van der Waals surface area contributed by atoms with E-state index < -0.39 is 0 Å². The van der Waals surface area contributed by atoms with Crippen molar-refractivity contribution in [2.24, 2.45) is 0 Å². The van der Waals surface area contributed by atoms with Crippen molar-refractivity contribution in [1.82, 2.24) is 9.97 Å². The minimum atomic E-state index is -0.258. The number of aromatic nitrogens is 2. The number of benzene rings is 1. The number of nitrogens with zero attached hydrogens (tertiary/aromatic N) is 2. The fourth-order valence-corrected chi connectivity index (χ4v) is 4.45. The summed E-state index contributed by atoms with van der Waals surface area (Å²) in [6, 6.07) is 10.2. The predicted octanol–water partition coefficient (Wildman–Crippen LogP) is 4.79. The van der Waals surface area contributed by atoms with Crippen molar-refractivity contribution in [2.75, 3.05) is 6.61 Å². The molecule has 6 heteroatoms. The van der Waals surface area contributed by atoms with Gasteiger partial charge in [-0.15, -0.1) is 11.3 Å². The van der Waals surface area contributed by atoms with Crippen LogP contribution in [0.3, 0.4) is 0 Å². The van der Waals surface area contributed by atoms with E-state index in [-0.39, 0.29) is 11.2 Å². The molecule has 0 fully saturated rings. The summed E-state index contributed by atoms with van der Waals surface area (Å²) in [4.78, 5) is 21.9. The van der Waals surface area contributed by atoms with Crippen LogP contribution in [0.5, 0.6) is 0 Å². The minimum absolute atomic E-state index is 0.187. The summed E-state index contributed by atoms with van der Waals surface area (Å²) in [5.41, 5.74) is 2.24. The highest BCUT2D eigenvalue weighted by molar-refractivity contribution is 8.00. The Morgan fingerprint density at radius 2 is 2.04 bits per heavy atom. The number of carbonyl (C=O) groups excluding carboxylic acids is 1. The Bertz CT molecular complexity index is 833. The second-order valence-electron chi connectivity index (χ2n) is 5.14. The lowest BCUT2D eigenvalue weighted by atomic mass is 10.1. The summed E-state index contributed by atoms with van der Waals surface area (Å²) in [6.07, 6.45) is 2.26. The molecule has 0 saturated carbocycles. The van der Waals surface area contributed by atoms with E-state index in [9.17, 15) is 4.79 Å². The molecular formula is C18H18N2O2S2. The van der Waals surface area contributed by atoms with E-state index in [0.29, 0.717) is 13.0 Å². The predicted molar refractivity (Wildman–Crippen MR) is 99.4 cm³/mol. The second kappa shape index (κ2) is 7.77. The highest BCUT2D eigenvalue weighted by Crippen LogP contribution is 2.39. The van der Waals surface area contributed by atoms with Crippen LogP contribution in [0.25, 0.3) is 21.3 Å². The molecule has 0 N–H and O–H groups in total. The van der Waals surface area contributed by atoms with E-state index in [1.165, 1.54) is 11.8 Å². The molecule has 3 aromatic rings. The zero-order chi connectivity index (χ0) is 16.9. The Labute approximate surface area is 149 Å². The van der Waals surface area contributed by atoms with Gasteiger partial charge in [-0.1, -0.05) is 49.0 Å². The molecule has 0 bridgehead atoms. The number of rotatable bonds is 6. The van der Waals surface area contributed by atoms with Gasteiger partial charge in [0, 0.05) is 10.9 Å². The van der Waals surface area contributed by atoms with Crippen LogP contribution in [0.15, 0.2) is 47.1 Å². The first-order chi connectivity index (χ1) is 11.7. The van der Waals surface area contributed by atoms with Crippen molar-refractivity contribution >= 4 is 39.3 Å². The van der Waals surface area contributed by atoms with Gasteiger partial charge < -0.3 is 4.74 Å². The standard InChI is InChI=1S/C18H18N2O2S2/c1-3-14(18(21)22-4-2)24-17-15-13(12-8-6-5-7-9-12)10-23-16(15)19-11-20-17/h5-11,14H,3-4H2,1-2H3/t14-/m1/s1. The highest BCUT2D eigenvalue weighted by Gasteiger charge is 2.22. The molecule has 24 heavy (non-hydrogen) atoms. The topological polar surface area (TPSA) is 52.1 Å². The van der Waals surface area contributed by atoms with Crippen LogP contribution in [0, 0.1) is 0 Å². The van der Waals surface area contributed by atoms with Gasteiger partial charge in [0.1, 0.15) is 21.4 Å². The molecule has 124 valence electrons. The van der Waals surface area contributed by atoms with Gasteiger partial charge in [-0.2, -0.15) is 0 Å². The van der Waals surface area contributed by atoms with Gasteiger partial charge in [-0.3, -0.25) is 4.79 Å². The highest BCUT2D eigenvalue weighted by atomic mass is 32.2. The molecule has 2 aromatic heterocycles. The maximum atomic E-state index is 12.1. The van der Waals surface area contributed by atoms with Crippen molar-refractivity contribution in [3.05, 3.63) is 42.0 Å². The van der Waals surface area contributed by atoms with Gasteiger partial charge in [0.25, 0.3) is 0 Å². The molecule has 0 spiro atoms. The van der Waals surface area contributed by atoms with Gasteiger partial charge in [-0.05, 0) is 18.9 Å². The largest absolute Gasteiger partial charge is 0.465 e. The average molecular weight is 358 g/mol. The third kappa shape index (κ3) is 3.44. The van der Waals surface area contributed by atoms with Gasteiger partial charge in [0.15, 0.2) is 0 Å². The molecule has 1 atom stereocenters. The van der Waals surface area contributed by atoms with Crippen molar-refractivity contribution in [2.45, 2.75) is 30.5 Å². The van der Waals surface area contributed by atoms with E-state index >= 15 is 0 Å². The Morgan fingerprint density at radius 1 is 1.25 bits per heavy atom. The van der Waals surface area contributed by atoms with E-state index in [1.807, 2.05) is 32.0 Å². The summed E-state index contributed by atoms with van der Waals surface area (Å²) in [5.74, 6) is -0.187. The monoisotopic (exact) mass is 358 g/mol. The van der Waals surface area contributed by atoms with Gasteiger partial charge in [0.05, 0.1) is 12.0 Å². The summed E-state index contributed by atoms with van der Waals surface area (Å²) >= 11 is 3.06. The smallest absolute Gasteiger partial charge is 0.319 e. The maximum absolute atomic E-state index is 12.1. The molecule has 2 heterocycles. The Balaban J connectivity index is 2.02. The zero-order valence-electron chi connectivity index (χ0n) is 13.6. The lowest BCUT2D eigenvalue weighted by Gasteiger charge is -2.13. The molecule has 0 aliphatic rings. The minimum Gasteiger partial charge on any atom is -0.465 e. The van der Waals surface area contributed by atoms with E-state index in [0.717, 1.165) is 26.4 Å². The number of fused-ring (bicyclic) bond motifs is 1. The molecule has 0 aliphatic heterocycles. The third-order valence-electron chi connectivity index (χ3n) is 3.59. The number of esters is 1. The van der Waals surface area contributed by atoms with Gasteiger partial charge in [-0.25, -0.2) is 9.97 Å². The maximum Gasteiger partial charge on any atom is 0.319 e. The van der Waals surface area contributed by atoms with E-state index in [4.69, 9.17) is 4.74 Å². The third-order valence-corrected chi connectivity index (χ3v) is 5.82. The normalized spacial score (nSPS) is 12.2. The number of thiophene rings is 1. The lowest BCUT2D eigenvalue weighted by molar-refractivity contribution is -0.142.